The lowest BCUT2D eigenvalue weighted by atomic mass is 9.90. The maximum absolute atomic E-state index is 12.1. The third-order valence-corrected chi connectivity index (χ3v) is 7.12. The molecule has 136 valence electrons. The van der Waals surface area contributed by atoms with Crippen molar-refractivity contribution >= 4 is 39.8 Å². The van der Waals surface area contributed by atoms with Crippen LogP contribution in [0.15, 0.2) is 4.99 Å². The van der Waals surface area contributed by atoms with E-state index in [0.29, 0.717) is 19.6 Å². The Hall–Kier alpha value is -0.0900. The van der Waals surface area contributed by atoms with Gasteiger partial charge in [-0.15, -0.1) is 24.0 Å². The summed E-state index contributed by atoms with van der Waals surface area (Å²) in [6, 6.07) is 0. The Balaban J connectivity index is 0.00000264. The van der Waals surface area contributed by atoms with Crippen LogP contribution in [-0.2, 0) is 14.6 Å². The monoisotopic (exact) mass is 459 g/mol. The summed E-state index contributed by atoms with van der Waals surface area (Å²) >= 11 is 0. The van der Waals surface area contributed by atoms with Gasteiger partial charge in [0.15, 0.2) is 15.8 Å². The molecule has 0 aromatic carbocycles. The summed E-state index contributed by atoms with van der Waals surface area (Å²) in [5.41, 5.74) is 0.0953. The second-order valence-corrected chi connectivity index (χ2v) is 10.0. The van der Waals surface area contributed by atoms with E-state index in [-0.39, 0.29) is 35.1 Å². The summed E-state index contributed by atoms with van der Waals surface area (Å²) in [7, 11) is -3.03. The fourth-order valence-corrected chi connectivity index (χ4v) is 4.22. The molecule has 1 unspecified atom stereocenters. The normalized spacial score (nSPS) is 29.9. The Kier molecular flexibility index (Phi) is 7.16. The lowest BCUT2D eigenvalue weighted by Gasteiger charge is -2.39. The maximum atomic E-state index is 12.1. The first-order valence-corrected chi connectivity index (χ1v) is 9.68. The van der Waals surface area contributed by atoms with Crippen molar-refractivity contribution in [3.05, 3.63) is 0 Å². The standard InChI is InChI=1S/C15H29N3O3S.HI/c1-5-16-13(17-10-15(4)6-8-21-12-15)18-7-9-22(19,20)14(2,3)11-18;/h5-12H2,1-4H3,(H,16,17);1H. The van der Waals surface area contributed by atoms with Crippen molar-refractivity contribution in [3.8, 4) is 0 Å². The number of hydrogen-bond donors (Lipinski definition) is 1. The molecule has 2 aliphatic rings. The van der Waals surface area contributed by atoms with Gasteiger partial charge in [-0.3, -0.25) is 4.99 Å². The van der Waals surface area contributed by atoms with E-state index in [0.717, 1.165) is 32.1 Å². The Labute approximate surface area is 157 Å². The molecule has 0 amide bonds. The highest BCUT2D eigenvalue weighted by molar-refractivity contribution is 14.0. The van der Waals surface area contributed by atoms with Gasteiger partial charge in [-0.1, -0.05) is 6.92 Å². The van der Waals surface area contributed by atoms with Gasteiger partial charge in [-0.25, -0.2) is 8.42 Å². The molecular formula is C15H30IN3O3S. The summed E-state index contributed by atoms with van der Waals surface area (Å²) in [6.45, 7) is 11.8. The number of halogens is 1. The first-order chi connectivity index (χ1) is 10.2. The molecule has 0 saturated carbocycles. The van der Waals surface area contributed by atoms with E-state index in [1.807, 2.05) is 6.92 Å². The largest absolute Gasteiger partial charge is 0.381 e. The van der Waals surface area contributed by atoms with E-state index < -0.39 is 14.6 Å². The molecule has 0 aromatic rings. The molecule has 1 N–H and O–H groups in total. The number of nitrogens with one attached hydrogen (secondary N) is 1. The van der Waals surface area contributed by atoms with Crippen molar-refractivity contribution in [2.75, 3.05) is 45.1 Å². The van der Waals surface area contributed by atoms with Gasteiger partial charge in [-0.2, -0.15) is 0 Å². The highest BCUT2D eigenvalue weighted by Gasteiger charge is 2.41. The third-order valence-electron chi connectivity index (χ3n) is 4.59. The molecule has 1 atom stereocenters. The van der Waals surface area contributed by atoms with Crippen LogP contribution in [0.25, 0.3) is 0 Å². The third kappa shape index (κ3) is 4.94. The highest BCUT2D eigenvalue weighted by Crippen LogP contribution is 2.28. The molecule has 0 aromatic heterocycles. The zero-order chi connectivity index (χ0) is 16.4. The zero-order valence-corrected chi connectivity index (χ0v) is 17.7. The molecule has 0 radical (unpaired) electrons. The van der Waals surface area contributed by atoms with Crippen molar-refractivity contribution in [1.82, 2.24) is 10.2 Å². The number of guanidine groups is 1. The van der Waals surface area contributed by atoms with Crippen LogP contribution >= 0.6 is 24.0 Å². The van der Waals surface area contributed by atoms with E-state index in [9.17, 15) is 8.42 Å². The first kappa shape index (κ1) is 21.0. The van der Waals surface area contributed by atoms with Crippen molar-refractivity contribution < 1.29 is 13.2 Å². The minimum absolute atomic E-state index is 0. The van der Waals surface area contributed by atoms with E-state index in [1.54, 1.807) is 13.8 Å². The number of hydrogen-bond acceptors (Lipinski definition) is 4. The van der Waals surface area contributed by atoms with Gasteiger partial charge in [0.2, 0.25) is 0 Å². The molecule has 6 nitrogen and oxygen atoms in total. The Morgan fingerprint density at radius 2 is 2.04 bits per heavy atom. The molecule has 0 bridgehead atoms. The molecule has 2 heterocycles. The van der Waals surface area contributed by atoms with Gasteiger partial charge in [0.05, 0.1) is 23.7 Å². The first-order valence-electron chi connectivity index (χ1n) is 8.02. The SMILES string of the molecule is CCNC(=NCC1(C)CCOC1)N1CCS(=O)(=O)C(C)(C)C1.I. The van der Waals surface area contributed by atoms with E-state index in [1.165, 1.54) is 0 Å². The van der Waals surface area contributed by atoms with E-state index >= 15 is 0 Å². The van der Waals surface area contributed by atoms with Gasteiger partial charge >= 0.3 is 0 Å². The second-order valence-electron chi connectivity index (χ2n) is 7.28. The lowest BCUT2D eigenvalue weighted by molar-refractivity contribution is 0.162. The van der Waals surface area contributed by atoms with Crippen molar-refractivity contribution in [1.29, 1.82) is 0 Å². The van der Waals surface area contributed by atoms with Crippen LogP contribution in [0.5, 0.6) is 0 Å². The molecule has 2 rings (SSSR count). The van der Waals surface area contributed by atoms with Crippen LogP contribution in [0.3, 0.4) is 0 Å². The van der Waals surface area contributed by atoms with Crippen LogP contribution in [0.2, 0.25) is 0 Å². The Morgan fingerprint density at radius 3 is 2.57 bits per heavy atom. The van der Waals surface area contributed by atoms with Gasteiger partial charge < -0.3 is 15.0 Å². The van der Waals surface area contributed by atoms with E-state index in [2.05, 4.69) is 17.1 Å². The van der Waals surface area contributed by atoms with Gasteiger partial charge in [0.1, 0.15) is 0 Å². The summed E-state index contributed by atoms with van der Waals surface area (Å²) in [6.07, 6.45) is 1.02. The molecule has 0 spiro atoms. The fraction of sp³-hybridized carbons (Fsp3) is 0.933. The van der Waals surface area contributed by atoms with Gasteiger partial charge in [0, 0.05) is 31.7 Å². The van der Waals surface area contributed by atoms with E-state index in [4.69, 9.17) is 9.73 Å². The van der Waals surface area contributed by atoms with Crippen molar-refractivity contribution in [2.45, 2.75) is 38.9 Å². The average molecular weight is 459 g/mol. The molecule has 2 aliphatic heterocycles. The van der Waals surface area contributed by atoms with Gasteiger partial charge in [-0.05, 0) is 27.2 Å². The number of aliphatic imine (C=N–C) groups is 1. The number of ether oxygens (including phenoxy) is 1. The van der Waals surface area contributed by atoms with Crippen LogP contribution in [-0.4, -0.2) is 69.2 Å². The molecular weight excluding hydrogens is 429 g/mol. The number of rotatable bonds is 3. The molecule has 2 saturated heterocycles. The molecule has 0 aliphatic carbocycles. The summed E-state index contributed by atoms with van der Waals surface area (Å²) in [4.78, 5) is 6.83. The lowest BCUT2D eigenvalue weighted by Crippen LogP contribution is -2.57. The number of nitrogens with zero attached hydrogens (tertiary/aromatic N) is 2. The van der Waals surface area contributed by atoms with Crippen LogP contribution in [0, 0.1) is 5.41 Å². The minimum atomic E-state index is -3.03. The van der Waals surface area contributed by atoms with Crippen molar-refractivity contribution in [2.24, 2.45) is 10.4 Å². The summed E-state index contributed by atoms with van der Waals surface area (Å²) in [5.74, 6) is 1.00. The van der Waals surface area contributed by atoms with Crippen LogP contribution < -0.4 is 5.32 Å². The quantitative estimate of drug-likeness (QED) is 0.394. The number of sulfone groups is 1. The summed E-state index contributed by atoms with van der Waals surface area (Å²) < 4.78 is 29.0. The predicted octanol–water partition coefficient (Wildman–Crippen LogP) is 1.51. The summed E-state index contributed by atoms with van der Waals surface area (Å²) in [5, 5.41) is 3.30. The average Bonchev–Trinajstić information content (AvgIpc) is 2.85. The molecule has 8 heteroatoms. The predicted molar refractivity (Wildman–Crippen MR) is 104 cm³/mol. The fourth-order valence-electron chi connectivity index (χ4n) is 2.85. The highest BCUT2D eigenvalue weighted by atomic mass is 127. The van der Waals surface area contributed by atoms with Crippen LogP contribution in [0.4, 0.5) is 0 Å². The topological polar surface area (TPSA) is 71.0 Å². The zero-order valence-electron chi connectivity index (χ0n) is 14.6. The molecule has 23 heavy (non-hydrogen) atoms. The second kappa shape index (κ2) is 7.86. The minimum Gasteiger partial charge on any atom is -0.381 e. The van der Waals surface area contributed by atoms with Crippen LogP contribution in [0.1, 0.15) is 34.1 Å². The maximum Gasteiger partial charge on any atom is 0.194 e. The Morgan fingerprint density at radius 1 is 1.35 bits per heavy atom. The Bertz CT molecular complexity index is 528. The van der Waals surface area contributed by atoms with Gasteiger partial charge in [0.25, 0.3) is 0 Å². The smallest absolute Gasteiger partial charge is 0.194 e. The van der Waals surface area contributed by atoms with Crippen molar-refractivity contribution in [3.63, 3.8) is 0 Å². The molecule has 2 fully saturated rings.